The second-order valence-electron chi connectivity index (χ2n) is 9.07. The normalized spacial score (nSPS) is 16.3. The van der Waals surface area contributed by atoms with Crippen LogP contribution in [0.2, 0.25) is 0 Å². The highest BCUT2D eigenvalue weighted by Crippen LogP contribution is 2.31. The number of hydrogen-bond donors (Lipinski definition) is 2. The van der Waals surface area contributed by atoms with Gasteiger partial charge >= 0.3 is 12.0 Å². The van der Waals surface area contributed by atoms with Crippen LogP contribution in [-0.4, -0.2) is 47.6 Å². The van der Waals surface area contributed by atoms with Crippen molar-refractivity contribution in [2.24, 2.45) is 0 Å². The average molecular weight is 462 g/mol. The number of benzene rings is 2. The van der Waals surface area contributed by atoms with Gasteiger partial charge in [0.2, 0.25) is 0 Å². The van der Waals surface area contributed by atoms with E-state index in [1.54, 1.807) is 6.92 Å². The fourth-order valence-corrected chi connectivity index (χ4v) is 5.14. The van der Waals surface area contributed by atoms with Gasteiger partial charge in [-0.05, 0) is 54.9 Å². The molecule has 3 aromatic rings. The number of hydrogen-bond acceptors (Lipinski definition) is 3. The summed E-state index contributed by atoms with van der Waals surface area (Å²) < 4.78 is 5.34. The van der Waals surface area contributed by atoms with Crippen LogP contribution >= 0.6 is 0 Å². The summed E-state index contributed by atoms with van der Waals surface area (Å²) in [6, 6.07) is 15.6. The highest BCUT2D eigenvalue weighted by Gasteiger charge is 2.33. The largest absolute Gasteiger partial charge is 0.464 e. The van der Waals surface area contributed by atoms with E-state index in [0.29, 0.717) is 19.0 Å². The van der Waals surface area contributed by atoms with Crippen molar-refractivity contribution in [2.45, 2.75) is 57.9 Å². The number of aromatic nitrogens is 1. The molecule has 1 aliphatic heterocycles. The predicted molar refractivity (Wildman–Crippen MR) is 135 cm³/mol. The molecule has 4 rings (SSSR count). The molecule has 1 aromatic heterocycles. The molecule has 180 valence electrons. The molecular weight excluding hydrogens is 426 g/mol. The van der Waals surface area contributed by atoms with Crippen molar-refractivity contribution in [3.8, 4) is 0 Å². The maximum Gasteiger partial charge on any atom is 0.329 e. The van der Waals surface area contributed by atoms with Gasteiger partial charge in [0, 0.05) is 36.1 Å². The van der Waals surface area contributed by atoms with E-state index < -0.39 is 12.0 Å². The lowest BCUT2D eigenvalue weighted by molar-refractivity contribution is -0.145. The molecule has 2 amide bonds. The molecule has 6 heteroatoms. The molecule has 1 aliphatic rings. The van der Waals surface area contributed by atoms with Crippen LogP contribution < -0.4 is 5.32 Å². The Morgan fingerprint density at radius 1 is 1.09 bits per heavy atom. The molecule has 2 heterocycles. The number of carbonyl (C=O) groups excluding carboxylic acids is 2. The highest BCUT2D eigenvalue weighted by molar-refractivity contribution is 5.88. The van der Waals surface area contributed by atoms with E-state index >= 15 is 0 Å². The molecule has 6 nitrogen and oxygen atoms in total. The number of carbonyl (C=O) groups is 2. The molecule has 2 aromatic carbocycles. The molecule has 0 unspecified atom stereocenters. The number of likely N-dealkylation sites (tertiary alicyclic amines) is 1. The van der Waals surface area contributed by atoms with Gasteiger partial charge in [0.1, 0.15) is 6.04 Å². The molecule has 0 aliphatic carbocycles. The van der Waals surface area contributed by atoms with Crippen LogP contribution in [0.15, 0.2) is 54.7 Å². The summed E-state index contributed by atoms with van der Waals surface area (Å²) in [6.07, 6.45) is 4.78. The summed E-state index contributed by atoms with van der Waals surface area (Å²) in [5, 5.41) is 4.05. The number of fused-ring (bicyclic) bond motifs is 1. The Labute approximate surface area is 201 Å². The summed E-state index contributed by atoms with van der Waals surface area (Å²) >= 11 is 0. The number of amides is 2. The Bertz CT molecular complexity index is 1130. The topological polar surface area (TPSA) is 74.4 Å². The van der Waals surface area contributed by atoms with Gasteiger partial charge in [-0.25, -0.2) is 9.59 Å². The molecule has 2 N–H and O–H groups in total. The minimum Gasteiger partial charge on any atom is -0.464 e. The molecule has 34 heavy (non-hydrogen) atoms. The van der Waals surface area contributed by atoms with Gasteiger partial charge in [-0.1, -0.05) is 56.3 Å². The first kappa shape index (κ1) is 23.9. The number of piperidine rings is 1. The number of rotatable bonds is 7. The average Bonchev–Trinajstić information content (AvgIpc) is 3.31. The zero-order chi connectivity index (χ0) is 24.1. The predicted octanol–water partition coefficient (Wildman–Crippen LogP) is 5.35. The minimum absolute atomic E-state index is 0.202. The van der Waals surface area contributed by atoms with E-state index in [2.05, 4.69) is 41.5 Å². The number of esters is 1. The summed E-state index contributed by atoms with van der Waals surface area (Å²) in [4.78, 5) is 31.2. The van der Waals surface area contributed by atoms with Crippen LogP contribution in [0.1, 0.15) is 62.1 Å². The number of nitrogens with one attached hydrogen (secondary N) is 2. The maximum absolute atomic E-state index is 13.2. The monoisotopic (exact) mass is 461 g/mol. The quantitative estimate of drug-likeness (QED) is 0.466. The molecule has 0 saturated carbocycles. The maximum atomic E-state index is 13.2. The zero-order valence-electron chi connectivity index (χ0n) is 20.3. The Hall–Kier alpha value is -3.28. The standard InChI is InChI=1S/C28H35N3O3/c1-4-20-10-6-7-11-22(20)21-14-16-31(17-15-21)28(33)30-26(27(32)34-5-2)19(3)24-18-29-25-13-9-8-12-23(24)25/h6-13,18-19,21,26,29H,4-5,14-17H2,1-3H3,(H,30,33)/t19-,26+/m0/s1. The van der Waals surface area contributed by atoms with Crippen molar-refractivity contribution < 1.29 is 14.3 Å². The van der Waals surface area contributed by atoms with Gasteiger partial charge in [0.25, 0.3) is 0 Å². The van der Waals surface area contributed by atoms with Crippen molar-refractivity contribution in [1.82, 2.24) is 15.2 Å². The number of aromatic amines is 1. The Balaban J connectivity index is 1.46. The Morgan fingerprint density at radius 3 is 2.53 bits per heavy atom. The Kier molecular flexibility index (Phi) is 7.56. The number of nitrogens with zero attached hydrogens (tertiary/aromatic N) is 1. The van der Waals surface area contributed by atoms with Gasteiger partial charge in [0.05, 0.1) is 6.61 Å². The van der Waals surface area contributed by atoms with E-state index in [-0.39, 0.29) is 18.6 Å². The van der Waals surface area contributed by atoms with E-state index in [1.807, 2.05) is 42.3 Å². The molecular formula is C28H35N3O3. The van der Waals surface area contributed by atoms with Crippen LogP contribution in [-0.2, 0) is 16.0 Å². The summed E-state index contributed by atoms with van der Waals surface area (Å²) in [6.45, 7) is 7.55. The number of ether oxygens (including phenoxy) is 1. The van der Waals surface area contributed by atoms with Crippen LogP contribution in [0.25, 0.3) is 10.9 Å². The van der Waals surface area contributed by atoms with Crippen molar-refractivity contribution >= 4 is 22.9 Å². The third-order valence-electron chi connectivity index (χ3n) is 7.09. The molecule has 1 fully saturated rings. The fourth-order valence-electron chi connectivity index (χ4n) is 5.14. The lowest BCUT2D eigenvalue weighted by Gasteiger charge is -2.34. The molecule has 1 saturated heterocycles. The number of aryl methyl sites for hydroxylation is 1. The Morgan fingerprint density at radius 2 is 1.79 bits per heavy atom. The third kappa shape index (κ3) is 4.96. The van der Waals surface area contributed by atoms with Crippen molar-refractivity contribution in [3.63, 3.8) is 0 Å². The van der Waals surface area contributed by atoms with E-state index in [1.165, 1.54) is 11.1 Å². The van der Waals surface area contributed by atoms with Crippen molar-refractivity contribution in [3.05, 3.63) is 71.4 Å². The molecule has 0 bridgehead atoms. The van der Waals surface area contributed by atoms with E-state index in [4.69, 9.17) is 4.74 Å². The molecule has 0 spiro atoms. The second-order valence-corrected chi connectivity index (χ2v) is 9.07. The number of urea groups is 1. The SMILES string of the molecule is CCOC(=O)[C@H](NC(=O)N1CCC(c2ccccc2CC)CC1)[C@@H](C)c1c[nH]c2ccccc12. The van der Waals surface area contributed by atoms with Crippen LogP contribution in [0, 0.1) is 0 Å². The minimum atomic E-state index is -0.759. The van der Waals surface area contributed by atoms with Gasteiger partial charge in [-0.3, -0.25) is 0 Å². The van der Waals surface area contributed by atoms with E-state index in [9.17, 15) is 9.59 Å². The lowest BCUT2D eigenvalue weighted by Crippen LogP contribution is -2.52. The smallest absolute Gasteiger partial charge is 0.329 e. The van der Waals surface area contributed by atoms with Gasteiger partial charge in [-0.15, -0.1) is 0 Å². The van der Waals surface area contributed by atoms with Gasteiger partial charge in [-0.2, -0.15) is 0 Å². The second kappa shape index (κ2) is 10.8. The fraction of sp³-hybridized carbons (Fsp3) is 0.429. The summed E-state index contributed by atoms with van der Waals surface area (Å²) in [5.41, 5.74) is 4.79. The van der Waals surface area contributed by atoms with E-state index in [0.717, 1.165) is 35.7 Å². The first-order chi connectivity index (χ1) is 16.5. The zero-order valence-corrected chi connectivity index (χ0v) is 20.3. The van der Waals surface area contributed by atoms with Gasteiger partial charge < -0.3 is 19.9 Å². The third-order valence-corrected chi connectivity index (χ3v) is 7.09. The summed E-state index contributed by atoms with van der Waals surface area (Å²) in [5.74, 6) is -0.181. The van der Waals surface area contributed by atoms with Crippen LogP contribution in [0.3, 0.4) is 0 Å². The van der Waals surface area contributed by atoms with Crippen molar-refractivity contribution in [2.75, 3.05) is 19.7 Å². The summed E-state index contributed by atoms with van der Waals surface area (Å²) in [7, 11) is 0. The van der Waals surface area contributed by atoms with Crippen LogP contribution in [0.4, 0.5) is 4.79 Å². The lowest BCUT2D eigenvalue weighted by atomic mass is 9.86. The first-order valence-corrected chi connectivity index (χ1v) is 12.4. The van der Waals surface area contributed by atoms with Crippen molar-refractivity contribution in [1.29, 1.82) is 0 Å². The highest BCUT2D eigenvalue weighted by atomic mass is 16.5. The van der Waals surface area contributed by atoms with Crippen LogP contribution in [0.5, 0.6) is 0 Å². The first-order valence-electron chi connectivity index (χ1n) is 12.4. The van der Waals surface area contributed by atoms with Gasteiger partial charge in [0.15, 0.2) is 0 Å². The number of para-hydroxylation sites is 1. The number of H-pyrrole nitrogens is 1. The molecule has 0 radical (unpaired) electrons. The molecule has 2 atom stereocenters.